The van der Waals surface area contributed by atoms with E-state index in [4.69, 9.17) is 0 Å². The first-order valence-electron chi connectivity index (χ1n) is 17.9. The Morgan fingerprint density at radius 2 is 1.15 bits per heavy atom. The normalized spacial score (nSPS) is 15.4. The van der Waals surface area contributed by atoms with E-state index in [9.17, 15) is 0 Å². The van der Waals surface area contributed by atoms with Crippen LogP contribution < -0.4 is 10.6 Å². The number of thiophene rings is 1. The average molecular weight is 687 g/mol. The van der Waals surface area contributed by atoms with Gasteiger partial charge in [-0.3, -0.25) is 0 Å². The Kier molecular flexibility index (Phi) is 8.27. The van der Waals surface area contributed by atoms with Crippen LogP contribution in [0, 0.1) is 0 Å². The molecule has 52 heavy (non-hydrogen) atoms. The molecule has 9 rings (SSSR count). The highest BCUT2D eigenvalue weighted by Crippen LogP contribution is 2.42. The minimum absolute atomic E-state index is 0.184. The molecule has 8 aromatic rings. The third-order valence-electron chi connectivity index (χ3n) is 10.4. The Morgan fingerprint density at radius 1 is 0.500 bits per heavy atom. The number of nitrogens with one attached hydrogen (secondary N) is 2. The van der Waals surface area contributed by atoms with Gasteiger partial charge in [0.1, 0.15) is 0 Å². The minimum atomic E-state index is -0.184. The van der Waals surface area contributed by atoms with Gasteiger partial charge in [-0.15, -0.1) is 11.3 Å². The van der Waals surface area contributed by atoms with Gasteiger partial charge in [-0.2, -0.15) is 0 Å². The largest absolute Gasteiger partial charge is 0.358 e. The molecule has 0 saturated heterocycles. The Balaban J connectivity index is 1.04. The topological polar surface area (TPSA) is 24.1 Å². The Labute approximate surface area is 309 Å². The van der Waals surface area contributed by atoms with Crippen molar-refractivity contribution < 1.29 is 0 Å². The lowest BCUT2D eigenvalue weighted by Crippen LogP contribution is -2.30. The van der Waals surface area contributed by atoms with E-state index in [-0.39, 0.29) is 5.41 Å². The number of benzene rings is 7. The van der Waals surface area contributed by atoms with Gasteiger partial charge in [-0.25, -0.2) is 0 Å². The number of hydrogen-bond donors (Lipinski definition) is 2. The Bertz CT molecular complexity index is 2610. The molecule has 1 aliphatic rings. The summed E-state index contributed by atoms with van der Waals surface area (Å²) in [5.41, 5.74) is 12.7. The molecule has 1 aliphatic carbocycles. The molecule has 0 saturated carbocycles. The van der Waals surface area contributed by atoms with Crippen LogP contribution in [-0.4, -0.2) is 0 Å². The molecule has 0 spiro atoms. The quantitative estimate of drug-likeness (QED) is 0.166. The summed E-state index contributed by atoms with van der Waals surface area (Å²) in [6.45, 7) is 2.34. The monoisotopic (exact) mass is 686 g/mol. The van der Waals surface area contributed by atoms with Gasteiger partial charge in [-0.1, -0.05) is 133 Å². The van der Waals surface area contributed by atoms with Gasteiger partial charge in [0, 0.05) is 53.9 Å². The van der Waals surface area contributed by atoms with E-state index in [0.29, 0.717) is 0 Å². The molecule has 1 heterocycles. The van der Waals surface area contributed by atoms with Gasteiger partial charge < -0.3 is 10.6 Å². The number of hydrogen-bond acceptors (Lipinski definition) is 3. The molecule has 0 aliphatic heterocycles. The number of rotatable bonds is 8. The first-order chi connectivity index (χ1) is 25.6. The van der Waals surface area contributed by atoms with Crippen molar-refractivity contribution in [2.75, 3.05) is 10.6 Å². The van der Waals surface area contributed by atoms with Crippen LogP contribution in [0.2, 0.25) is 0 Å². The van der Waals surface area contributed by atoms with Crippen molar-refractivity contribution >= 4 is 48.6 Å². The molecule has 0 radical (unpaired) electrons. The van der Waals surface area contributed by atoms with Crippen LogP contribution in [0.25, 0.3) is 53.6 Å². The smallest absolute Gasteiger partial charge is 0.0464 e. The summed E-state index contributed by atoms with van der Waals surface area (Å²) in [4.78, 5) is 0. The van der Waals surface area contributed by atoms with Crippen LogP contribution in [0.1, 0.15) is 18.9 Å². The molecule has 0 amide bonds. The van der Waals surface area contributed by atoms with Gasteiger partial charge in [0.2, 0.25) is 0 Å². The van der Waals surface area contributed by atoms with Gasteiger partial charge >= 0.3 is 0 Å². The number of para-hydroxylation sites is 1. The molecular formula is C49H38N2S. The maximum atomic E-state index is 3.80. The molecule has 3 heteroatoms. The summed E-state index contributed by atoms with van der Waals surface area (Å²) in [6.07, 6.45) is 7.58. The highest BCUT2D eigenvalue weighted by molar-refractivity contribution is 7.25. The van der Waals surface area contributed by atoms with Crippen LogP contribution in [0.5, 0.6) is 0 Å². The van der Waals surface area contributed by atoms with Gasteiger partial charge in [0.15, 0.2) is 0 Å². The zero-order valence-electron chi connectivity index (χ0n) is 29.0. The van der Waals surface area contributed by atoms with Crippen molar-refractivity contribution in [3.8, 4) is 33.4 Å². The summed E-state index contributed by atoms with van der Waals surface area (Å²) in [7, 11) is 0. The molecule has 1 atom stereocenters. The van der Waals surface area contributed by atoms with Crippen molar-refractivity contribution in [2.45, 2.75) is 18.8 Å². The third kappa shape index (κ3) is 6.10. The Morgan fingerprint density at radius 3 is 2.02 bits per heavy atom. The second kappa shape index (κ2) is 13.5. The first-order valence-corrected chi connectivity index (χ1v) is 18.7. The molecule has 0 bridgehead atoms. The van der Waals surface area contributed by atoms with Crippen LogP contribution >= 0.6 is 11.3 Å². The van der Waals surface area contributed by atoms with Gasteiger partial charge in [0.25, 0.3) is 0 Å². The standard InChI is InChI=1S/C49H38N2S/c1-49(29-11-10-24-48(49)51-40-19-6-3-7-20-40)39-18-12-16-35(30-39)37-26-28-45(44(32-37)34-14-4-2-5-15-34)50-41-21-13-17-36(31-41)38-25-27-43-42-22-8-9-23-46(42)52-47(43)33-38/h2-28,30-33,50-51H,29H2,1H3. The van der Waals surface area contributed by atoms with Gasteiger partial charge in [0.05, 0.1) is 0 Å². The molecule has 0 fully saturated rings. The van der Waals surface area contributed by atoms with Crippen molar-refractivity contribution in [3.05, 3.63) is 199 Å². The molecule has 1 unspecified atom stereocenters. The van der Waals surface area contributed by atoms with E-state index in [0.717, 1.165) is 23.5 Å². The van der Waals surface area contributed by atoms with Crippen molar-refractivity contribution in [1.82, 2.24) is 0 Å². The predicted octanol–water partition coefficient (Wildman–Crippen LogP) is 14.0. The molecule has 1 aromatic heterocycles. The summed E-state index contributed by atoms with van der Waals surface area (Å²) in [6, 6.07) is 61.3. The molecule has 2 N–H and O–H groups in total. The third-order valence-corrected chi connectivity index (χ3v) is 11.5. The highest BCUT2D eigenvalue weighted by atomic mass is 32.1. The van der Waals surface area contributed by atoms with Crippen LogP contribution in [-0.2, 0) is 5.41 Å². The van der Waals surface area contributed by atoms with Crippen molar-refractivity contribution in [2.24, 2.45) is 0 Å². The van der Waals surface area contributed by atoms with Crippen molar-refractivity contribution in [1.29, 1.82) is 0 Å². The van der Waals surface area contributed by atoms with E-state index in [1.54, 1.807) is 0 Å². The summed E-state index contributed by atoms with van der Waals surface area (Å²) < 4.78 is 2.65. The zero-order chi connectivity index (χ0) is 34.9. The number of fused-ring (bicyclic) bond motifs is 3. The fourth-order valence-electron chi connectivity index (χ4n) is 7.46. The van der Waals surface area contributed by atoms with Gasteiger partial charge in [-0.05, 0) is 101 Å². The first kappa shape index (κ1) is 31.8. The number of anilines is 3. The molecular weight excluding hydrogens is 649 g/mol. The predicted molar refractivity (Wildman–Crippen MR) is 225 cm³/mol. The van der Waals surface area contributed by atoms with Crippen molar-refractivity contribution in [3.63, 3.8) is 0 Å². The van der Waals surface area contributed by atoms with E-state index >= 15 is 0 Å². The highest BCUT2D eigenvalue weighted by Gasteiger charge is 2.32. The lowest BCUT2D eigenvalue weighted by molar-refractivity contribution is 0.563. The summed E-state index contributed by atoms with van der Waals surface area (Å²) >= 11 is 1.86. The number of allylic oxidation sites excluding steroid dienone is 4. The lowest BCUT2D eigenvalue weighted by Gasteiger charge is -2.35. The van der Waals surface area contributed by atoms with E-state index < -0.39 is 0 Å². The van der Waals surface area contributed by atoms with Crippen LogP contribution in [0.4, 0.5) is 17.1 Å². The SMILES string of the molecule is CC1(c2cccc(-c3ccc(Nc4cccc(-c5ccc6c(c5)sc5ccccc56)c4)c(-c4ccccc4)c3)c2)CC=CC=C1Nc1ccccc1. The van der Waals surface area contributed by atoms with E-state index in [1.807, 2.05) is 11.3 Å². The van der Waals surface area contributed by atoms with Crippen LogP contribution in [0.3, 0.4) is 0 Å². The summed E-state index contributed by atoms with van der Waals surface area (Å²) in [5.74, 6) is 0. The minimum Gasteiger partial charge on any atom is -0.358 e. The molecule has 250 valence electrons. The lowest BCUT2D eigenvalue weighted by atomic mass is 9.73. The fraction of sp³-hybridized carbons (Fsp3) is 0.0612. The second-order valence-corrected chi connectivity index (χ2v) is 14.8. The van der Waals surface area contributed by atoms with E-state index in [2.05, 4.69) is 206 Å². The zero-order valence-corrected chi connectivity index (χ0v) is 29.8. The average Bonchev–Trinajstić information content (AvgIpc) is 3.58. The molecule has 2 nitrogen and oxygen atoms in total. The van der Waals surface area contributed by atoms with Crippen LogP contribution in [0.15, 0.2) is 194 Å². The Hall–Kier alpha value is -6.16. The molecule has 7 aromatic carbocycles. The van der Waals surface area contributed by atoms with E-state index in [1.165, 1.54) is 64.8 Å². The maximum absolute atomic E-state index is 3.80. The fourth-order valence-corrected chi connectivity index (χ4v) is 8.61. The maximum Gasteiger partial charge on any atom is 0.0464 e. The summed E-state index contributed by atoms with van der Waals surface area (Å²) in [5, 5.41) is 10.2. The second-order valence-electron chi connectivity index (χ2n) is 13.8.